The summed E-state index contributed by atoms with van der Waals surface area (Å²) in [6.45, 7) is 0.0467. The van der Waals surface area contributed by atoms with E-state index in [0.717, 1.165) is 10.4 Å². The Morgan fingerprint density at radius 1 is 1.15 bits per heavy atom. The zero-order valence-corrected chi connectivity index (χ0v) is 11.6. The molecule has 106 valence electrons. The molecule has 0 fully saturated rings. The van der Waals surface area contributed by atoms with Gasteiger partial charge in [-0.15, -0.1) is 0 Å². The van der Waals surface area contributed by atoms with Crippen LogP contribution < -0.4 is 0 Å². The second-order valence-electron chi connectivity index (χ2n) is 4.36. The molecule has 0 spiro atoms. The summed E-state index contributed by atoms with van der Waals surface area (Å²) in [6, 6.07) is 11.5. The molecular weight excluding hydrogens is 281 g/mol. The van der Waals surface area contributed by atoms with E-state index in [-0.39, 0.29) is 17.2 Å². The molecule has 0 unspecified atom stereocenters. The second-order valence-corrected chi connectivity index (χ2v) is 6.37. The van der Waals surface area contributed by atoms with Crippen LogP contribution in [0.4, 0.5) is 4.39 Å². The van der Waals surface area contributed by atoms with Crippen molar-refractivity contribution in [2.75, 3.05) is 7.05 Å². The van der Waals surface area contributed by atoms with Crippen LogP contribution in [0.1, 0.15) is 5.56 Å². The average molecular weight is 295 g/mol. The molecule has 2 rings (SSSR count). The molecule has 0 aliphatic carbocycles. The molecule has 6 heteroatoms. The van der Waals surface area contributed by atoms with Crippen LogP contribution in [0, 0.1) is 5.82 Å². The molecule has 0 atom stereocenters. The lowest BCUT2D eigenvalue weighted by Gasteiger charge is -2.17. The first-order valence-corrected chi connectivity index (χ1v) is 7.34. The number of phenolic OH excluding ortho intramolecular Hbond substituents is 1. The predicted octanol–water partition coefficient (Wildman–Crippen LogP) is 2.35. The summed E-state index contributed by atoms with van der Waals surface area (Å²) in [6.07, 6.45) is 0. The molecule has 2 aromatic carbocycles. The molecule has 0 saturated heterocycles. The van der Waals surface area contributed by atoms with Crippen LogP contribution in [0.5, 0.6) is 5.75 Å². The van der Waals surface area contributed by atoms with Gasteiger partial charge in [-0.3, -0.25) is 0 Å². The molecule has 0 amide bonds. The van der Waals surface area contributed by atoms with Crippen molar-refractivity contribution in [3.05, 3.63) is 59.9 Å². The Labute approximate surface area is 117 Å². The summed E-state index contributed by atoms with van der Waals surface area (Å²) < 4.78 is 39.2. The minimum absolute atomic E-state index is 0.0467. The molecule has 0 heterocycles. The standard InChI is InChI=1S/C14H14FNO3S/c1-16(10-11-5-4-6-12(17)9-11)20(18,19)14-8-3-2-7-13(14)15/h2-9,17H,10H2,1H3. The normalized spacial score (nSPS) is 11.8. The maximum atomic E-state index is 13.6. The van der Waals surface area contributed by atoms with Gasteiger partial charge in [-0.05, 0) is 29.8 Å². The molecule has 0 bridgehead atoms. The SMILES string of the molecule is CN(Cc1cccc(O)c1)S(=O)(=O)c1ccccc1F. The van der Waals surface area contributed by atoms with E-state index in [1.54, 1.807) is 12.1 Å². The van der Waals surface area contributed by atoms with Crippen LogP contribution in [0.2, 0.25) is 0 Å². The van der Waals surface area contributed by atoms with Crippen molar-refractivity contribution in [3.8, 4) is 5.75 Å². The van der Waals surface area contributed by atoms with Gasteiger partial charge in [0.2, 0.25) is 10.0 Å². The van der Waals surface area contributed by atoms with Crippen LogP contribution >= 0.6 is 0 Å². The van der Waals surface area contributed by atoms with Crippen LogP contribution in [-0.4, -0.2) is 24.9 Å². The summed E-state index contributed by atoms with van der Waals surface area (Å²) in [7, 11) is -2.54. The lowest BCUT2D eigenvalue weighted by Crippen LogP contribution is -2.27. The Balaban J connectivity index is 2.29. The monoisotopic (exact) mass is 295 g/mol. The van der Waals surface area contributed by atoms with Crippen molar-refractivity contribution in [1.29, 1.82) is 0 Å². The highest BCUT2D eigenvalue weighted by atomic mass is 32.2. The number of hydrogen-bond acceptors (Lipinski definition) is 3. The van der Waals surface area contributed by atoms with Gasteiger partial charge in [-0.1, -0.05) is 24.3 Å². The van der Waals surface area contributed by atoms with Gasteiger partial charge in [0, 0.05) is 13.6 Å². The number of nitrogens with zero attached hydrogens (tertiary/aromatic N) is 1. The fourth-order valence-corrected chi connectivity index (χ4v) is 3.04. The molecule has 20 heavy (non-hydrogen) atoms. The van der Waals surface area contributed by atoms with Crippen molar-refractivity contribution in [2.45, 2.75) is 11.4 Å². The largest absolute Gasteiger partial charge is 0.508 e. The third kappa shape index (κ3) is 2.97. The van der Waals surface area contributed by atoms with Gasteiger partial charge in [0.25, 0.3) is 0 Å². The van der Waals surface area contributed by atoms with Crippen molar-refractivity contribution >= 4 is 10.0 Å². The highest BCUT2D eigenvalue weighted by Crippen LogP contribution is 2.20. The predicted molar refractivity (Wildman–Crippen MR) is 73.2 cm³/mol. The van der Waals surface area contributed by atoms with Crippen LogP contribution in [0.25, 0.3) is 0 Å². The van der Waals surface area contributed by atoms with Gasteiger partial charge in [0.1, 0.15) is 16.5 Å². The minimum atomic E-state index is -3.90. The van der Waals surface area contributed by atoms with Gasteiger partial charge in [0.15, 0.2) is 0 Å². The number of rotatable bonds is 4. The van der Waals surface area contributed by atoms with Gasteiger partial charge >= 0.3 is 0 Å². The fraction of sp³-hybridized carbons (Fsp3) is 0.143. The quantitative estimate of drug-likeness (QED) is 0.942. The van der Waals surface area contributed by atoms with Crippen molar-refractivity contribution in [2.24, 2.45) is 0 Å². The summed E-state index contributed by atoms with van der Waals surface area (Å²) in [5, 5.41) is 9.36. The third-order valence-corrected chi connectivity index (χ3v) is 4.68. The van der Waals surface area contributed by atoms with E-state index < -0.39 is 15.8 Å². The zero-order valence-electron chi connectivity index (χ0n) is 10.8. The number of sulfonamides is 1. The first-order valence-electron chi connectivity index (χ1n) is 5.90. The third-order valence-electron chi connectivity index (χ3n) is 2.84. The van der Waals surface area contributed by atoms with Gasteiger partial charge in [-0.25, -0.2) is 12.8 Å². The van der Waals surface area contributed by atoms with E-state index in [4.69, 9.17) is 0 Å². The zero-order chi connectivity index (χ0) is 14.8. The number of hydrogen-bond donors (Lipinski definition) is 1. The number of halogens is 1. The number of benzene rings is 2. The van der Waals surface area contributed by atoms with E-state index in [9.17, 15) is 17.9 Å². The van der Waals surface area contributed by atoms with Gasteiger partial charge < -0.3 is 5.11 Å². The molecule has 0 aliphatic heterocycles. The Morgan fingerprint density at radius 2 is 1.85 bits per heavy atom. The smallest absolute Gasteiger partial charge is 0.246 e. The molecule has 0 radical (unpaired) electrons. The Morgan fingerprint density at radius 3 is 2.50 bits per heavy atom. The average Bonchev–Trinajstić information content (AvgIpc) is 2.39. The summed E-state index contributed by atoms with van der Waals surface area (Å²) in [5.74, 6) is -0.727. The van der Waals surface area contributed by atoms with Gasteiger partial charge in [-0.2, -0.15) is 4.31 Å². The minimum Gasteiger partial charge on any atom is -0.508 e. The number of phenols is 1. The molecule has 1 N–H and O–H groups in total. The van der Waals surface area contributed by atoms with Crippen LogP contribution in [0.15, 0.2) is 53.4 Å². The summed E-state index contributed by atoms with van der Waals surface area (Å²) >= 11 is 0. The van der Waals surface area contributed by atoms with E-state index in [0.29, 0.717) is 5.56 Å². The Hall–Kier alpha value is -1.92. The van der Waals surface area contributed by atoms with Crippen molar-refractivity contribution < 1.29 is 17.9 Å². The molecule has 0 aromatic heterocycles. The molecule has 0 aliphatic rings. The second kappa shape index (κ2) is 5.60. The topological polar surface area (TPSA) is 57.6 Å². The molecular formula is C14H14FNO3S. The highest BCUT2D eigenvalue weighted by molar-refractivity contribution is 7.89. The molecule has 2 aromatic rings. The molecule has 4 nitrogen and oxygen atoms in total. The Bertz CT molecular complexity index is 716. The van der Waals surface area contributed by atoms with Crippen LogP contribution in [-0.2, 0) is 16.6 Å². The van der Waals surface area contributed by atoms with Crippen LogP contribution in [0.3, 0.4) is 0 Å². The fourth-order valence-electron chi connectivity index (χ4n) is 1.82. The Kier molecular flexibility index (Phi) is 4.06. The van der Waals surface area contributed by atoms with Gasteiger partial charge in [0.05, 0.1) is 0 Å². The first-order chi connectivity index (χ1) is 9.41. The first kappa shape index (κ1) is 14.5. The lowest BCUT2D eigenvalue weighted by molar-refractivity contribution is 0.453. The van der Waals surface area contributed by atoms with E-state index >= 15 is 0 Å². The summed E-state index contributed by atoms with van der Waals surface area (Å²) in [5.41, 5.74) is 0.618. The van der Waals surface area contributed by atoms with E-state index in [1.165, 1.54) is 37.4 Å². The maximum Gasteiger partial charge on any atom is 0.246 e. The van der Waals surface area contributed by atoms with E-state index in [1.807, 2.05) is 0 Å². The van der Waals surface area contributed by atoms with Crippen molar-refractivity contribution in [3.63, 3.8) is 0 Å². The summed E-state index contributed by atoms with van der Waals surface area (Å²) in [4.78, 5) is -0.359. The number of aromatic hydroxyl groups is 1. The molecule has 0 saturated carbocycles. The maximum absolute atomic E-state index is 13.6. The van der Waals surface area contributed by atoms with Crippen molar-refractivity contribution in [1.82, 2.24) is 4.31 Å². The van der Waals surface area contributed by atoms with E-state index in [2.05, 4.69) is 0 Å². The lowest BCUT2D eigenvalue weighted by atomic mass is 10.2. The highest BCUT2D eigenvalue weighted by Gasteiger charge is 2.24.